The van der Waals surface area contributed by atoms with Crippen LogP contribution in [0.15, 0.2) is 64.4 Å². The molecule has 0 amide bonds. The van der Waals surface area contributed by atoms with Crippen LogP contribution in [0.4, 0.5) is 17.1 Å². The number of nitrogens with one attached hydrogen (secondary N) is 1. The predicted octanol–water partition coefficient (Wildman–Crippen LogP) is 1.63. The van der Waals surface area contributed by atoms with Gasteiger partial charge in [0.05, 0.1) is 27.4 Å². The molecule has 5 N–H and O–H groups in total. The first-order valence-corrected chi connectivity index (χ1v) is 11.7. The van der Waals surface area contributed by atoms with Crippen molar-refractivity contribution in [1.82, 2.24) is 0 Å². The van der Waals surface area contributed by atoms with Crippen molar-refractivity contribution in [3.8, 4) is 0 Å². The summed E-state index contributed by atoms with van der Waals surface area (Å²) in [6.07, 6.45) is 0. The van der Waals surface area contributed by atoms with Gasteiger partial charge in [0.25, 0.3) is 20.2 Å². The molecule has 0 aromatic heterocycles. The Morgan fingerprint density at radius 3 is 1.88 bits per heavy atom. The van der Waals surface area contributed by atoms with Gasteiger partial charge in [0.15, 0.2) is 11.6 Å². The van der Waals surface area contributed by atoms with E-state index in [1.54, 1.807) is 6.07 Å². The molecule has 4 rings (SSSR count). The molecule has 0 radical (unpaired) electrons. The van der Waals surface area contributed by atoms with E-state index >= 15 is 0 Å². The van der Waals surface area contributed by atoms with Crippen molar-refractivity contribution in [1.29, 1.82) is 0 Å². The molecule has 166 valence electrons. The van der Waals surface area contributed by atoms with Gasteiger partial charge < -0.3 is 11.1 Å². The standard InChI is InChI=1S/C20H14N2O8S2.Na.H/c21-18-15(32(28,29)30)9-14(22-10-4-3-5-11(8-10)31(25,26)27)16-17(18)20(24)13-7-2-1-6-12(13)19(16)23;;/h1-9,22H,21H2,(H,25,26,27)(H,28,29,30);;. The molecule has 0 atom stereocenters. The fourth-order valence-electron chi connectivity index (χ4n) is 3.50. The van der Waals surface area contributed by atoms with Crippen LogP contribution >= 0.6 is 0 Å². The number of anilines is 3. The van der Waals surface area contributed by atoms with E-state index in [1.165, 1.54) is 30.3 Å². The Morgan fingerprint density at radius 1 is 0.758 bits per heavy atom. The molecule has 0 fully saturated rings. The second-order valence-corrected chi connectivity index (χ2v) is 9.70. The molecular formula is C20H15N2NaO8S2. The van der Waals surface area contributed by atoms with Gasteiger partial charge in [-0.1, -0.05) is 30.3 Å². The molecule has 0 bridgehead atoms. The van der Waals surface area contributed by atoms with Gasteiger partial charge in [-0.05, 0) is 24.3 Å². The van der Waals surface area contributed by atoms with Gasteiger partial charge >= 0.3 is 29.6 Å². The number of hydrogen-bond acceptors (Lipinski definition) is 8. The van der Waals surface area contributed by atoms with Gasteiger partial charge in [-0.2, -0.15) is 16.8 Å². The third-order valence-corrected chi connectivity index (χ3v) is 6.63. The molecule has 0 saturated carbocycles. The molecule has 0 aliphatic heterocycles. The molecule has 33 heavy (non-hydrogen) atoms. The van der Waals surface area contributed by atoms with Crippen LogP contribution in [0.25, 0.3) is 0 Å². The Kier molecular flexibility index (Phi) is 6.56. The van der Waals surface area contributed by atoms with Gasteiger partial charge in [0.1, 0.15) is 4.90 Å². The van der Waals surface area contributed by atoms with Gasteiger partial charge in [-0.25, -0.2) is 0 Å². The van der Waals surface area contributed by atoms with Crippen molar-refractivity contribution in [3.63, 3.8) is 0 Å². The molecule has 3 aromatic rings. The minimum atomic E-state index is -4.90. The summed E-state index contributed by atoms with van der Waals surface area (Å²) in [6, 6.07) is 11.6. The fourth-order valence-corrected chi connectivity index (χ4v) is 4.67. The van der Waals surface area contributed by atoms with Gasteiger partial charge in [-0.3, -0.25) is 18.7 Å². The summed E-state index contributed by atoms with van der Waals surface area (Å²) in [6.45, 7) is 0. The van der Waals surface area contributed by atoms with Crippen LogP contribution in [-0.2, 0) is 20.2 Å². The van der Waals surface area contributed by atoms with E-state index in [0.717, 1.165) is 18.2 Å². The second kappa shape index (κ2) is 8.65. The molecule has 0 spiro atoms. The molecular weight excluding hydrogens is 483 g/mol. The minimum absolute atomic E-state index is 0. The van der Waals surface area contributed by atoms with Crippen molar-refractivity contribution in [2.75, 3.05) is 11.1 Å². The van der Waals surface area contributed by atoms with Crippen LogP contribution < -0.4 is 11.1 Å². The Balaban J connectivity index is 0.00000306. The number of benzene rings is 3. The molecule has 0 saturated heterocycles. The van der Waals surface area contributed by atoms with Crippen LogP contribution in [0.1, 0.15) is 31.8 Å². The number of hydrogen-bond donors (Lipinski definition) is 4. The van der Waals surface area contributed by atoms with Crippen molar-refractivity contribution >= 4 is 78.4 Å². The van der Waals surface area contributed by atoms with Gasteiger partial charge in [-0.15, -0.1) is 0 Å². The molecule has 0 heterocycles. The van der Waals surface area contributed by atoms with Crippen LogP contribution in [-0.4, -0.2) is 67.1 Å². The summed E-state index contributed by atoms with van der Waals surface area (Å²) in [5, 5.41) is 2.69. The predicted molar refractivity (Wildman–Crippen MR) is 121 cm³/mol. The number of rotatable bonds is 4. The number of carbonyl (C=O) groups excluding carboxylic acids is 2. The summed E-state index contributed by atoms with van der Waals surface area (Å²) >= 11 is 0. The van der Waals surface area contributed by atoms with Crippen molar-refractivity contribution < 1.29 is 35.5 Å². The third kappa shape index (κ3) is 4.46. The Labute approximate surface area is 210 Å². The van der Waals surface area contributed by atoms with E-state index in [-0.39, 0.29) is 57.6 Å². The summed E-state index contributed by atoms with van der Waals surface area (Å²) in [5.41, 5.74) is 4.58. The summed E-state index contributed by atoms with van der Waals surface area (Å²) in [4.78, 5) is 25.0. The molecule has 3 aromatic carbocycles. The second-order valence-electron chi connectivity index (χ2n) is 6.89. The molecule has 1 aliphatic rings. The fraction of sp³-hybridized carbons (Fsp3) is 0. The number of nitrogens with two attached hydrogens (primary N) is 1. The maximum atomic E-state index is 13.2. The topological polar surface area (TPSA) is 181 Å². The Bertz CT molecular complexity index is 1550. The number of nitrogen functional groups attached to an aromatic ring is 1. The quantitative estimate of drug-likeness (QED) is 0.183. The van der Waals surface area contributed by atoms with Crippen LogP contribution in [0.5, 0.6) is 0 Å². The first-order chi connectivity index (χ1) is 14.9. The molecule has 10 nitrogen and oxygen atoms in total. The van der Waals surface area contributed by atoms with E-state index in [9.17, 15) is 35.5 Å². The van der Waals surface area contributed by atoms with Crippen molar-refractivity contribution in [2.24, 2.45) is 0 Å². The van der Waals surface area contributed by atoms with Crippen molar-refractivity contribution in [3.05, 3.63) is 76.9 Å². The molecule has 0 unspecified atom stereocenters. The normalized spacial score (nSPS) is 13.0. The van der Waals surface area contributed by atoms with E-state index in [1.807, 2.05) is 0 Å². The van der Waals surface area contributed by atoms with Crippen molar-refractivity contribution in [2.45, 2.75) is 9.79 Å². The Morgan fingerprint density at radius 2 is 1.33 bits per heavy atom. The molecule has 13 heteroatoms. The van der Waals surface area contributed by atoms with Crippen LogP contribution in [0.3, 0.4) is 0 Å². The number of fused-ring (bicyclic) bond motifs is 2. The van der Waals surface area contributed by atoms with E-state index in [0.29, 0.717) is 0 Å². The monoisotopic (exact) mass is 498 g/mol. The zero-order valence-corrected chi connectivity index (χ0v) is 17.6. The van der Waals surface area contributed by atoms with Crippen LogP contribution in [0, 0.1) is 0 Å². The van der Waals surface area contributed by atoms with E-state index < -0.39 is 52.8 Å². The first kappa shape index (κ1) is 25.1. The SMILES string of the molecule is Nc1c(S(=O)(=O)O)cc(Nc2cccc(S(=O)(=O)O)c2)c2c1C(=O)c1ccccc1C2=O.[NaH]. The molecule has 1 aliphatic carbocycles. The maximum absolute atomic E-state index is 13.2. The summed E-state index contributed by atoms with van der Waals surface area (Å²) in [7, 11) is -9.45. The first-order valence-electron chi connectivity index (χ1n) is 8.86. The average molecular weight is 498 g/mol. The zero-order valence-electron chi connectivity index (χ0n) is 15.9. The summed E-state index contributed by atoms with van der Waals surface area (Å²) in [5.74, 6) is -1.34. The van der Waals surface area contributed by atoms with E-state index in [2.05, 4.69) is 5.32 Å². The van der Waals surface area contributed by atoms with Crippen LogP contribution in [0.2, 0.25) is 0 Å². The summed E-state index contributed by atoms with van der Waals surface area (Å²) < 4.78 is 65.5. The number of ketones is 2. The average Bonchev–Trinajstić information content (AvgIpc) is 2.71. The van der Waals surface area contributed by atoms with Gasteiger partial charge in [0.2, 0.25) is 0 Å². The van der Waals surface area contributed by atoms with E-state index in [4.69, 9.17) is 5.73 Å². The number of carbonyl (C=O) groups is 2. The van der Waals surface area contributed by atoms with Gasteiger partial charge in [0, 0.05) is 16.8 Å². The third-order valence-electron chi connectivity index (χ3n) is 4.89. The Hall–Kier alpha value is -2.58. The zero-order chi connectivity index (χ0) is 23.4.